The molecule has 0 fully saturated rings. The van der Waals surface area contributed by atoms with Crippen molar-refractivity contribution < 1.29 is 9.18 Å². The second-order valence-corrected chi connectivity index (χ2v) is 6.90. The van der Waals surface area contributed by atoms with Crippen molar-refractivity contribution in [3.05, 3.63) is 71.2 Å². The van der Waals surface area contributed by atoms with Gasteiger partial charge in [-0.25, -0.2) is 9.82 Å². The number of carbonyl (C=O) groups excluding carboxylic acids is 1. The molecule has 3 aromatic rings. The van der Waals surface area contributed by atoms with E-state index in [1.807, 2.05) is 32.0 Å². The molecule has 0 aliphatic heterocycles. The zero-order valence-corrected chi connectivity index (χ0v) is 15.3. The van der Waals surface area contributed by atoms with Gasteiger partial charge in [-0.2, -0.15) is 5.10 Å². The Balaban J connectivity index is 1.65. The van der Waals surface area contributed by atoms with Crippen molar-refractivity contribution >= 4 is 34.8 Å². The number of hydrogen-bond donors (Lipinski definition) is 1. The number of nitrogens with one attached hydrogen (secondary N) is 1. The average Bonchev–Trinajstić information content (AvgIpc) is 2.61. The van der Waals surface area contributed by atoms with Crippen LogP contribution in [0.3, 0.4) is 0 Å². The number of halogens is 1. The predicted molar refractivity (Wildman–Crippen MR) is 104 cm³/mol. The van der Waals surface area contributed by atoms with E-state index in [0.717, 1.165) is 27.1 Å². The van der Waals surface area contributed by atoms with Crippen LogP contribution in [0.1, 0.15) is 16.8 Å². The number of rotatable bonds is 5. The molecule has 0 atom stereocenters. The maximum Gasteiger partial charge on any atom is 0.250 e. The van der Waals surface area contributed by atoms with Crippen LogP contribution >= 0.6 is 11.8 Å². The molecule has 132 valence electrons. The summed E-state index contributed by atoms with van der Waals surface area (Å²) in [4.78, 5) is 17.6. The highest BCUT2D eigenvalue weighted by atomic mass is 32.2. The normalized spacial score (nSPS) is 11.2. The number of hydrazone groups is 1. The Morgan fingerprint density at radius 2 is 2.04 bits per heavy atom. The Labute approximate surface area is 155 Å². The summed E-state index contributed by atoms with van der Waals surface area (Å²) in [6.07, 6.45) is 1.30. The van der Waals surface area contributed by atoms with Gasteiger partial charge in [0.2, 0.25) is 5.91 Å². The molecule has 0 aliphatic carbocycles. The van der Waals surface area contributed by atoms with Gasteiger partial charge in [0.15, 0.2) is 0 Å². The molecular weight excluding hydrogens is 349 g/mol. The fourth-order valence-electron chi connectivity index (χ4n) is 2.48. The van der Waals surface area contributed by atoms with E-state index >= 15 is 0 Å². The Morgan fingerprint density at radius 3 is 2.85 bits per heavy atom. The van der Waals surface area contributed by atoms with Gasteiger partial charge < -0.3 is 0 Å². The number of benzene rings is 2. The molecule has 1 amide bonds. The minimum Gasteiger partial charge on any atom is -0.272 e. The van der Waals surface area contributed by atoms with E-state index in [9.17, 15) is 9.18 Å². The first kappa shape index (κ1) is 18.1. The van der Waals surface area contributed by atoms with Gasteiger partial charge in [-0.05, 0) is 38.1 Å². The predicted octanol–water partition coefficient (Wildman–Crippen LogP) is 4.23. The summed E-state index contributed by atoms with van der Waals surface area (Å²) in [6, 6.07) is 14.3. The summed E-state index contributed by atoms with van der Waals surface area (Å²) in [5, 5.41) is 4.85. The Bertz CT molecular complexity index is 988. The molecular formula is C20H18FN3OS. The largest absolute Gasteiger partial charge is 0.272 e. The summed E-state index contributed by atoms with van der Waals surface area (Å²) >= 11 is 1.43. The standard InChI is InChI=1S/C20H18FN3OS/c1-13-7-8-18-16(9-13)19(10-14(2)23-18)26-12-20(25)24-22-11-15-5-3-4-6-17(15)21/h3-11H,12H2,1-2H3,(H,24,25)/b22-11-. The van der Waals surface area contributed by atoms with Crippen LogP contribution < -0.4 is 5.43 Å². The van der Waals surface area contributed by atoms with Gasteiger partial charge in [0, 0.05) is 21.5 Å². The first-order valence-corrected chi connectivity index (χ1v) is 9.09. The van der Waals surface area contributed by atoms with Crippen LogP contribution in [-0.4, -0.2) is 22.9 Å². The van der Waals surface area contributed by atoms with E-state index in [-0.39, 0.29) is 17.5 Å². The smallest absolute Gasteiger partial charge is 0.250 e. The maximum absolute atomic E-state index is 13.5. The van der Waals surface area contributed by atoms with E-state index in [2.05, 4.69) is 21.6 Å². The number of pyridine rings is 1. The topological polar surface area (TPSA) is 54.4 Å². The molecule has 0 unspecified atom stereocenters. The van der Waals surface area contributed by atoms with Gasteiger partial charge in [0.05, 0.1) is 17.5 Å². The summed E-state index contributed by atoms with van der Waals surface area (Å²) in [5.41, 5.74) is 5.72. The number of carbonyl (C=O) groups is 1. The lowest BCUT2D eigenvalue weighted by Crippen LogP contribution is -2.19. The third kappa shape index (κ3) is 4.46. The SMILES string of the molecule is Cc1ccc2nc(C)cc(SCC(=O)N/N=C\c3ccccc3F)c2c1. The first-order valence-electron chi connectivity index (χ1n) is 8.10. The molecule has 0 spiro atoms. The fraction of sp³-hybridized carbons (Fsp3) is 0.150. The summed E-state index contributed by atoms with van der Waals surface area (Å²) in [5.74, 6) is -0.423. The highest BCUT2D eigenvalue weighted by Crippen LogP contribution is 2.28. The number of amides is 1. The van der Waals surface area contributed by atoms with Crippen molar-refractivity contribution in [1.29, 1.82) is 0 Å². The zero-order chi connectivity index (χ0) is 18.5. The first-order chi connectivity index (χ1) is 12.5. The van der Waals surface area contributed by atoms with Crippen molar-refractivity contribution in [1.82, 2.24) is 10.4 Å². The summed E-state index contributed by atoms with van der Waals surface area (Å²) in [7, 11) is 0. The van der Waals surface area contributed by atoms with Gasteiger partial charge in [-0.3, -0.25) is 9.78 Å². The number of aromatic nitrogens is 1. The molecule has 0 aliphatic rings. The highest BCUT2D eigenvalue weighted by molar-refractivity contribution is 8.00. The molecule has 3 rings (SSSR count). The lowest BCUT2D eigenvalue weighted by atomic mass is 10.1. The maximum atomic E-state index is 13.5. The van der Waals surface area contributed by atoms with Crippen molar-refractivity contribution in [3.63, 3.8) is 0 Å². The van der Waals surface area contributed by atoms with E-state index in [4.69, 9.17) is 0 Å². The van der Waals surface area contributed by atoms with E-state index in [0.29, 0.717) is 5.56 Å². The monoisotopic (exact) mass is 367 g/mol. The van der Waals surface area contributed by atoms with Gasteiger partial charge in [-0.15, -0.1) is 11.8 Å². The van der Waals surface area contributed by atoms with Crippen LogP contribution in [-0.2, 0) is 4.79 Å². The number of nitrogens with zero attached hydrogens (tertiary/aromatic N) is 2. The summed E-state index contributed by atoms with van der Waals surface area (Å²) < 4.78 is 13.5. The molecule has 0 radical (unpaired) electrons. The van der Waals surface area contributed by atoms with Gasteiger partial charge >= 0.3 is 0 Å². The Morgan fingerprint density at radius 1 is 1.23 bits per heavy atom. The van der Waals surface area contributed by atoms with E-state index < -0.39 is 0 Å². The average molecular weight is 367 g/mol. The van der Waals surface area contributed by atoms with Gasteiger partial charge in [-0.1, -0.05) is 29.8 Å². The molecule has 6 heteroatoms. The molecule has 4 nitrogen and oxygen atoms in total. The Hall–Kier alpha value is -2.73. The molecule has 0 saturated carbocycles. The zero-order valence-electron chi connectivity index (χ0n) is 14.5. The minimum atomic E-state index is -0.381. The van der Waals surface area contributed by atoms with Crippen LogP contribution in [0.4, 0.5) is 4.39 Å². The van der Waals surface area contributed by atoms with Crippen LogP contribution in [0, 0.1) is 19.7 Å². The number of thioether (sulfide) groups is 1. The second-order valence-electron chi connectivity index (χ2n) is 5.89. The third-order valence-electron chi connectivity index (χ3n) is 3.71. The van der Waals surface area contributed by atoms with Crippen molar-refractivity contribution in [2.45, 2.75) is 18.7 Å². The van der Waals surface area contributed by atoms with Crippen LogP contribution in [0.5, 0.6) is 0 Å². The molecule has 2 aromatic carbocycles. The lowest BCUT2D eigenvalue weighted by molar-refractivity contribution is -0.118. The number of hydrogen-bond acceptors (Lipinski definition) is 4. The van der Waals surface area contributed by atoms with Crippen molar-refractivity contribution in [2.24, 2.45) is 5.10 Å². The number of aryl methyl sites for hydroxylation is 2. The number of fused-ring (bicyclic) bond motifs is 1. The van der Waals surface area contributed by atoms with Gasteiger partial charge in [0.25, 0.3) is 0 Å². The molecule has 0 saturated heterocycles. The molecule has 1 N–H and O–H groups in total. The molecule has 0 bridgehead atoms. The lowest BCUT2D eigenvalue weighted by Gasteiger charge is -2.08. The minimum absolute atomic E-state index is 0.209. The van der Waals surface area contributed by atoms with Crippen LogP contribution in [0.2, 0.25) is 0 Å². The summed E-state index contributed by atoms with van der Waals surface area (Å²) in [6.45, 7) is 3.96. The van der Waals surface area contributed by atoms with Crippen LogP contribution in [0.25, 0.3) is 10.9 Å². The highest BCUT2D eigenvalue weighted by Gasteiger charge is 2.08. The van der Waals surface area contributed by atoms with E-state index in [1.54, 1.807) is 18.2 Å². The molecule has 1 heterocycles. The third-order valence-corrected chi connectivity index (χ3v) is 4.77. The van der Waals surface area contributed by atoms with Crippen molar-refractivity contribution in [2.75, 3.05) is 5.75 Å². The fourth-order valence-corrected chi connectivity index (χ4v) is 3.41. The molecule has 1 aromatic heterocycles. The second kappa shape index (κ2) is 8.10. The Kier molecular flexibility index (Phi) is 5.63. The van der Waals surface area contributed by atoms with E-state index in [1.165, 1.54) is 24.0 Å². The molecule has 26 heavy (non-hydrogen) atoms. The van der Waals surface area contributed by atoms with Gasteiger partial charge in [0.1, 0.15) is 5.82 Å². The van der Waals surface area contributed by atoms with Crippen LogP contribution in [0.15, 0.2) is 58.5 Å². The quantitative estimate of drug-likeness (QED) is 0.417. The van der Waals surface area contributed by atoms with Crippen molar-refractivity contribution in [3.8, 4) is 0 Å².